The fraction of sp³-hybridized carbons (Fsp3) is 0.769. The van der Waals surface area contributed by atoms with Gasteiger partial charge in [-0.15, -0.1) is 5.10 Å². The minimum atomic E-state index is -0.197. The van der Waals surface area contributed by atoms with E-state index in [1.165, 1.54) is 4.68 Å². The molecule has 2 aliphatic rings. The molecule has 0 bridgehead atoms. The van der Waals surface area contributed by atoms with Crippen LogP contribution in [0, 0.1) is 5.92 Å². The first kappa shape index (κ1) is 13.5. The van der Waals surface area contributed by atoms with Gasteiger partial charge in [0.05, 0.1) is 12.3 Å². The molecule has 1 N–H and O–H groups in total. The van der Waals surface area contributed by atoms with Gasteiger partial charge in [0.15, 0.2) is 5.69 Å². The number of carbonyl (C=O) groups is 1. The van der Waals surface area contributed by atoms with Crippen molar-refractivity contribution in [2.24, 2.45) is 13.0 Å². The Morgan fingerprint density at radius 2 is 2.10 bits per heavy atom. The van der Waals surface area contributed by atoms with Gasteiger partial charge in [-0.05, 0) is 18.8 Å². The van der Waals surface area contributed by atoms with Gasteiger partial charge in [-0.2, -0.15) is 0 Å². The molecule has 2 heterocycles. The summed E-state index contributed by atoms with van der Waals surface area (Å²) in [6, 6.07) is 0. The highest BCUT2D eigenvalue weighted by Crippen LogP contribution is 2.32. The second-order valence-electron chi connectivity index (χ2n) is 5.78. The van der Waals surface area contributed by atoms with Crippen molar-refractivity contribution in [2.75, 3.05) is 32.7 Å². The molecule has 1 aromatic rings. The van der Waals surface area contributed by atoms with Crippen LogP contribution >= 0.6 is 0 Å². The Hall–Kier alpha value is -1.47. The van der Waals surface area contributed by atoms with Gasteiger partial charge in [0.2, 0.25) is 0 Å². The van der Waals surface area contributed by atoms with Crippen molar-refractivity contribution in [3.8, 4) is 0 Å². The third-order valence-electron chi connectivity index (χ3n) is 4.09. The van der Waals surface area contributed by atoms with Crippen molar-refractivity contribution >= 4 is 5.91 Å². The highest BCUT2D eigenvalue weighted by Gasteiger charge is 2.32. The zero-order valence-corrected chi connectivity index (χ0v) is 11.8. The van der Waals surface area contributed by atoms with Gasteiger partial charge in [0, 0.05) is 39.8 Å². The number of hydrogen-bond acceptors (Lipinski definition) is 5. The maximum absolute atomic E-state index is 12.2. The topological polar surface area (TPSA) is 74.5 Å². The van der Waals surface area contributed by atoms with Crippen molar-refractivity contribution < 1.29 is 9.90 Å². The van der Waals surface area contributed by atoms with Gasteiger partial charge >= 0.3 is 0 Å². The molecule has 1 aliphatic carbocycles. The number of β-amino-alcohol motifs (C(OH)–C–C–N with tert-alkyl or cyclic N) is 1. The summed E-state index contributed by atoms with van der Waals surface area (Å²) in [6.45, 7) is 3.74. The third kappa shape index (κ3) is 2.99. The summed E-state index contributed by atoms with van der Waals surface area (Å²) in [7, 11) is 1.75. The number of hydrogen-bond donors (Lipinski definition) is 1. The maximum atomic E-state index is 12.2. The lowest BCUT2D eigenvalue weighted by Crippen LogP contribution is -2.50. The van der Waals surface area contributed by atoms with E-state index in [0.717, 1.165) is 32.5 Å². The van der Waals surface area contributed by atoms with E-state index >= 15 is 0 Å². The molecular weight excluding hydrogens is 258 g/mol. The van der Waals surface area contributed by atoms with Crippen LogP contribution in [0.15, 0.2) is 6.20 Å². The molecule has 0 aromatic carbocycles. The van der Waals surface area contributed by atoms with Crippen LogP contribution in [-0.2, 0) is 7.05 Å². The van der Waals surface area contributed by atoms with Gasteiger partial charge in [0.25, 0.3) is 5.91 Å². The van der Waals surface area contributed by atoms with Crippen LogP contribution in [0.5, 0.6) is 0 Å². The first-order valence-electron chi connectivity index (χ1n) is 7.19. The number of carbonyl (C=O) groups excluding carboxylic acids is 1. The molecule has 3 rings (SSSR count). The molecule has 1 aliphatic heterocycles. The van der Waals surface area contributed by atoms with Gasteiger partial charge in [-0.25, -0.2) is 0 Å². The molecule has 1 atom stereocenters. The van der Waals surface area contributed by atoms with Crippen molar-refractivity contribution in [3.05, 3.63) is 11.9 Å². The second-order valence-corrected chi connectivity index (χ2v) is 5.78. The van der Waals surface area contributed by atoms with Crippen molar-refractivity contribution in [1.82, 2.24) is 24.8 Å². The van der Waals surface area contributed by atoms with Crippen LogP contribution in [0.3, 0.4) is 0 Å². The van der Waals surface area contributed by atoms with E-state index in [1.807, 2.05) is 4.90 Å². The molecular formula is C13H21N5O2. The Labute approximate surface area is 118 Å². The number of amides is 1. The van der Waals surface area contributed by atoms with E-state index in [2.05, 4.69) is 15.2 Å². The average Bonchev–Trinajstić information content (AvgIpc) is 3.21. The van der Waals surface area contributed by atoms with Crippen LogP contribution in [-0.4, -0.2) is 74.6 Å². The molecule has 110 valence electrons. The van der Waals surface area contributed by atoms with Crippen LogP contribution in [0.4, 0.5) is 0 Å². The molecule has 0 spiro atoms. The predicted molar refractivity (Wildman–Crippen MR) is 72.1 cm³/mol. The van der Waals surface area contributed by atoms with E-state index < -0.39 is 0 Å². The molecule has 2 fully saturated rings. The standard InChI is InChI=1S/C13H21N5O2/c1-16-8-11(14-15-16)13(20)18-6-4-17(5-7-18)9-12(19)10-2-3-10/h8,10,12,19H,2-7,9H2,1H3. The Morgan fingerprint density at radius 3 is 2.65 bits per heavy atom. The molecule has 7 heteroatoms. The predicted octanol–water partition coefficient (Wildman–Crippen LogP) is -0.656. The highest BCUT2D eigenvalue weighted by atomic mass is 16.3. The summed E-state index contributed by atoms with van der Waals surface area (Å²) >= 11 is 0. The molecule has 1 unspecified atom stereocenters. The van der Waals surface area contributed by atoms with Gasteiger partial charge < -0.3 is 10.0 Å². The van der Waals surface area contributed by atoms with Gasteiger partial charge in [-0.1, -0.05) is 5.21 Å². The van der Waals surface area contributed by atoms with Crippen LogP contribution in [0.25, 0.3) is 0 Å². The number of aromatic nitrogens is 3. The summed E-state index contributed by atoms with van der Waals surface area (Å²) in [6.07, 6.45) is 3.77. The minimum absolute atomic E-state index is 0.0551. The lowest BCUT2D eigenvalue weighted by atomic mass is 10.2. The summed E-state index contributed by atoms with van der Waals surface area (Å²) in [5.41, 5.74) is 0.402. The molecule has 7 nitrogen and oxygen atoms in total. The number of piperazine rings is 1. The SMILES string of the molecule is Cn1cc(C(=O)N2CCN(CC(O)C3CC3)CC2)nn1. The fourth-order valence-electron chi connectivity index (χ4n) is 2.64. The molecule has 20 heavy (non-hydrogen) atoms. The molecule has 1 saturated heterocycles. The monoisotopic (exact) mass is 279 g/mol. The lowest BCUT2D eigenvalue weighted by Gasteiger charge is -2.35. The number of nitrogens with zero attached hydrogens (tertiary/aromatic N) is 5. The van der Waals surface area contributed by atoms with Gasteiger partial charge in [-0.3, -0.25) is 14.4 Å². The normalized spacial score (nSPS) is 22.0. The van der Waals surface area contributed by atoms with Crippen LogP contribution in [0.2, 0.25) is 0 Å². The third-order valence-corrected chi connectivity index (χ3v) is 4.09. The lowest BCUT2D eigenvalue weighted by molar-refractivity contribution is 0.0484. The van der Waals surface area contributed by atoms with Crippen molar-refractivity contribution in [2.45, 2.75) is 18.9 Å². The Morgan fingerprint density at radius 1 is 1.40 bits per heavy atom. The average molecular weight is 279 g/mol. The number of aliphatic hydroxyl groups is 1. The fourth-order valence-corrected chi connectivity index (χ4v) is 2.64. The summed E-state index contributed by atoms with van der Waals surface area (Å²) in [5.74, 6) is 0.453. The largest absolute Gasteiger partial charge is 0.392 e. The van der Waals surface area contributed by atoms with Crippen LogP contribution in [0.1, 0.15) is 23.3 Å². The maximum Gasteiger partial charge on any atom is 0.276 e. The first-order chi connectivity index (χ1) is 9.63. The van der Waals surface area contributed by atoms with Gasteiger partial charge in [0.1, 0.15) is 0 Å². The Balaban J connectivity index is 1.49. The first-order valence-corrected chi connectivity index (χ1v) is 7.19. The molecule has 0 radical (unpaired) electrons. The van der Waals surface area contributed by atoms with Crippen molar-refractivity contribution in [1.29, 1.82) is 0 Å². The number of rotatable bonds is 4. The molecule has 1 amide bonds. The summed E-state index contributed by atoms with van der Waals surface area (Å²) in [4.78, 5) is 16.3. The summed E-state index contributed by atoms with van der Waals surface area (Å²) in [5, 5.41) is 17.6. The van der Waals surface area contributed by atoms with E-state index in [4.69, 9.17) is 0 Å². The zero-order valence-electron chi connectivity index (χ0n) is 11.8. The quantitative estimate of drug-likeness (QED) is 0.792. The van der Waals surface area contributed by atoms with E-state index in [1.54, 1.807) is 13.2 Å². The molecule has 1 saturated carbocycles. The number of aryl methyl sites for hydroxylation is 1. The van der Waals surface area contributed by atoms with Crippen molar-refractivity contribution in [3.63, 3.8) is 0 Å². The zero-order chi connectivity index (χ0) is 14.1. The van der Waals surface area contributed by atoms with Crippen LogP contribution < -0.4 is 0 Å². The highest BCUT2D eigenvalue weighted by molar-refractivity contribution is 5.92. The summed E-state index contributed by atoms with van der Waals surface area (Å²) < 4.78 is 1.54. The molecule has 1 aromatic heterocycles. The Bertz CT molecular complexity index is 477. The van der Waals surface area contributed by atoms with E-state index in [0.29, 0.717) is 24.7 Å². The number of aliphatic hydroxyl groups excluding tert-OH is 1. The smallest absolute Gasteiger partial charge is 0.276 e. The van der Waals surface area contributed by atoms with E-state index in [9.17, 15) is 9.90 Å². The van der Waals surface area contributed by atoms with E-state index in [-0.39, 0.29) is 12.0 Å². The second kappa shape index (κ2) is 5.49. The minimum Gasteiger partial charge on any atom is -0.392 e. The Kier molecular flexibility index (Phi) is 3.71.